The molecule has 3 nitrogen and oxygen atoms in total. The van der Waals surface area contributed by atoms with E-state index < -0.39 is 0 Å². The molecule has 0 bridgehead atoms. The van der Waals surface area contributed by atoms with Crippen molar-refractivity contribution in [2.75, 3.05) is 5.73 Å². The lowest BCUT2D eigenvalue weighted by molar-refractivity contribution is 0.0750. The van der Waals surface area contributed by atoms with E-state index in [1.807, 2.05) is 42.2 Å². The van der Waals surface area contributed by atoms with E-state index in [2.05, 4.69) is 12.1 Å². The smallest absolute Gasteiger partial charge is 0.254 e. The van der Waals surface area contributed by atoms with E-state index in [4.69, 9.17) is 5.73 Å². The number of nitrogen functional groups attached to an aromatic ring is 1. The Balaban J connectivity index is 1.89. The zero-order valence-electron chi connectivity index (χ0n) is 10.9. The quantitative estimate of drug-likeness (QED) is 0.793. The fraction of sp³-hybridized carbons (Fsp3) is 0.188. The Bertz CT molecular complexity index is 624. The molecule has 1 aliphatic heterocycles. The van der Waals surface area contributed by atoms with E-state index in [0.29, 0.717) is 24.3 Å². The van der Waals surface area contributed by atoms with Gasteiger partial charge in [-0.1, -0.05) is 30.3 Å². The van der Waals surface area contributed by atoms with Crippen LogP contribution < -0.4 is 5.73 Å². The number of anilines is 1. The number of carbonyl (C=O) groups is 1. The van der Waals surface area contributed by atoms with Gasteiger partial charge >= 0.3 is 0 Å². The van der Waals surface area contributed by atoms with Gasteiger partial charge in [0.2, 0.25) is 0 Å². The Hall–Kier alpha value is -2.29. The Morgan fingerprint density at radius 1 is 1.05 bits per heavy atom. The van der Waals surface area contributed by atoms with Gasteiger partial charge in [0.1, 0.15) is 0 Å². The molecular weight excluding hydrogens is 236 g/mol. The highest BCUT2D eigenvalue weighted by Gasteiger charge is 2.24. The van der Waals surface area contributed by atoms with Crippen LogP contribution in [0.1, 0.15) is 27.0 Å². The average molecular weight is 252 g/mol. The van der Waals surface area contributed by atoms with Gasteiger partial charge in [-0.3, -0.25) is 4.79 Å². The number of nitrogens with zero attached hydrogens (tertiary/aromatic N) is 1. The predicted molar refractivity (Wildman–Crippen MR) is 75.6 cm³/mol. The van der Waals surface area contributed by atoms with Crippen LogP contribution in [0.4, 0.5) is 5.69 Å². The van der Waals surface area contributed by atoms with Crippen molar-refractivity contribution in [3.63, 3.8) is 0 Å². The molecule has 0 unspecified atom stereocenters. The van der Waals surface area contributed by atoms with Crippen molar-refractivity contribution < 1.29 is 4.79 Å². The largest absolute Gasteiger partial charge is 0.398 e. The summed E-state index contributed by atoms with van der Waals surface area (Å²) in [7, 11) is 0. The Kier molecular flexibility index (Phi) is 2.75. The van der Waals surface area contributed by atoms with Crippen LogP contribution in [0.15, 0.2) is 42.5 Å². The highest BCUT2D eigenvalue weighted by Crippen LogP contribution is 2.25. The molecule has 0 spiro atoms. The normalized spacial score (nSPS) is 13.4. The maximum Gasteiger partial charge on any atom is 0.254 e. The maximum absolute atomic E-state index is 12.6. The number of hydrogen-bond donors (Lipinski definition) is 1. The van der Waals surface area contributed by atoms with Gasteiger partial charge in [-0.15, -0.1) is 0 Å². The molecule has 0 aromatic heterocycles. The van der Waals surface area contributed by atoms with Crippen molar-refractivity contribution >= 4 is 11.6 Å². The standard InChI is InChI=1S/C16H16N2O/c1-11-14(7-4-8-15(11)17)16(19)18-9-12-5-2-3-6-13(12)10-18/h2-8H,9-10,17H2,1H3. The molecule has 3 heteroatoms. The van der Waals surface area contributed by atoms with Gasteiger partial charge in [-0.25, -0.2) is 0 Å². The van der Waals surface area contributed by atoms with Crippen LogP contribution in [0.3, 0.4) is 0 Å². The van der Waals surface area contributed by atoms with Crippen molar-refractivity contribution in [3.05, 3.63) is 64.7 Å². The van der Waals surface area contributed by atoms with E-state index >= 15 is 0 Å². The van der Waals surface area contributed by atoms with Gasteiger partial charge in [-0.05, 0) is 35.7 Å². The molecule has 3 rings (SSSR count). The minimum Gasteiger partial charge on any atom is -0.398 e. The Morgan fingerprint density at radius 3 is 2.32 bits per heavy atom. The van der Waals surface area contributed by atoms with Crippen LogP contribution >= 0.6 is 0 Å². The molecule has 0 radical (unpaired) electrons. The van der Waals surface area contributed by atoms with Gasteiger partial charge in [0.25, 0.3) is 5.91 Å². The van der Waals surface area contributed by atoms with E-state index in [9.17, 15) is 4.79 Å². The Labute approximate surface area is 112 Å². The van der Waals surface area contributed by atoms with Gasteiger partial charge in [0.15, 0.2) is 0 Å². The molecule has 96 valence electrons. The molecule has 0 atom stereocenters. The summed E-state index contributed by atoms with van der Waals surface area (Å²) in [5.41, 5.74) is 10.6. The second kappa shape index (κ2) is 4.43. The minimum absolute atomic E-state index is 0.0565. The van der Waals surface area contributed by atoms with Crippen LogP contribution in [0.2, 0.25) is 0 Å². The summed E-state index contributed by atoms with van der Waals surface area (Å²) in [5, 5.41) is 0. The molecule has 2 aromatic carbocycles. The summed E-state index contributed by atoms with van der Waals surface area (Å²) in [4.78, 5) is 14.4. The van der Waals surface area contributed by atoms with E-state index in [-0.39, 0.29) is 5.91 Å². The second-order valence-electron chi connectivity index (χ2n) is 4.95. The number of fused-ring (bicyclic) bond motifs is 1. The average Bonchev–Trinajstić information content (AvgIpc) is 2.85. The van der Waals surface area contributed by atoms with Crippen LogP contribution in [-0.4, -0.2) is 10.8 Å². The fourth-order valence-corrected chi connectivity index (χ4v) is 2.53. The molecule has 19 heavy (non-hydrogen) atoms. The molecule has 2 aromatic rings. The Morgan fingerprint density at radius 2 is 1.68 bits per heavy atom. The molecule has 0 fully saturated rings. The van der Waals surface area contributed by atoms with E-state index in [1.165, 1.54) is 11.1 Å². The molecule has 0 aliphatic carbocycles. The summed E-state index contributed by atoms with van der Waals surface area (Å²) in [6, 6.07) is 13.7. The summed E-state index contributed by atoms with van der Waals surface area (Å²) < 4.78 is 0. The number of amides is 1. The summed E-state index contributed by atoms with van der Waals surface area (Å²) in [5.74, 6) is 0.0565. The van der Waals surface area contributed by atoms with Gasteiger partial charge < -0.3 is 10.6 Å². The second-order valence-corrected chi connectivity index (χ2v) is 4.95. The lowest BCUT2D eigenvalue weighted by Crippen LogP contribution is -2.26. The molecular formula is C16H16N2O. The predicted octanol–water partition coefficient (Wildman–Crippen LogP) is 2.73. The molecule has 0 saturated carbocycles. The van der Waals surface area contributed by atoms with E-state index in [0.717, 1.165) is 5.56 Å². The number of nitrogens with two attached hydrogens (primary N) is 1. The van der Waals surface area contributed by atoms with Crippen LogP contribution in [-0.2, 0) is 13.1 Å². The highest BCUT2D eigenvalue weighted by molar-refractivity contribution is 5.97. The van der Waals surface area contributed by atoms with Gasteiger partial charge in [0, 0.05) is 24.3 Å². The van der Waals surface area contributed by atoms with Crippen LogP contribution in [0, 0.1) is 6.92 Å². The van der Waals surface area contributed by atoms with Gasteiger partial charge in [-0.2, -0.15) is 0 Å². The van der Waals surface area contributed by atoms with Gasteiger partial charge in [0.05, 0.1) is 0 Å². The SMILES string of the molecule is Cc1c(N)cccc1C(=O)N1Cc2ccccc2C1. The number of hydrogen-bond acceptors (Lipinski definition) is 2. The molecule has 1 aliphatic rings. The van der Waals surface area contributed by atoms with Crippen LogP contribution in [0.25, 0.3) is 0 Å². The molecule has 1 heterocycles. The fourth-order valence-electron chi connectivity index (χ4n) is 2.53. The molecule has 0 saturated heterocycles. The van der Waals surface area contributed by atoms with Crippen LogP contribution in [0.5, 0.6) is 0 Å². The third kappa shape index (κ3) is 1.97. The number of carbonyl (C=O) groups excluding carboxylic acids is 1. The number of rotatable bonds is 1. The maximum atomic E-state index is 12.6. The minimum atomic E-state index is 0.0565. The summed E-state index contributed by atoms with van der Waals surface area (Å²) in [6.45, 7) is 3.26. The third-order valence-electron chi connectivity index (χ3n) is 3.73. The first-order valence-electron chi connectivity index (χ1n) is 6.38. The van der Waals surface area contributed by atoms with Crippen molar-refractivity contribution in [2.45, 2.75) is 20.0 Å². The van der Waals surface area contributed by atoms with E-state index in [1.54, 1.807) is 0 Å². The third-order valence-corrected chi connectivity index (χ3v) is 3.73. The first kappa shape index (κ1) is 11.8. The first-order chi connectivity index (χ1) is 9.16. The molecule has 2 N–H and O–H groups in total. The van der Waals surface area contributed by atoms with Crippen molar-refractivity contribution in [1.82, 2.24) is 4.90 Å². The lowest BCUT2D eigenvalue weighted by atomic mass is 10.1. The number of benzene rings is 2. The van der Waals surface area contributed by atoms with Crippen molar-refractivity contribution in [3.8, 4) is 0 Å². The van der Waals surface area contributed by atoms with Crippen molar-refractivity contribution in [2.24, 2.45) is 0 Å². The first-order valence-corrected chi connectivity index (χ1v) is 6.38. The topological polar surface area (TPSA) is 46.3 Å². The van der Waals surface area contributed by atoms with Crippen molar-refractivity contribution in [1.29, 1.82) is 0 Å². The zero-order chi connectivity index (χ0) is 13.4. The lowest BCUT2D eigenvalue weighted by Gasteiger charge is -2.17. The summed E-state index contributed by atoms with van der Waals surface area (Å²) >= 11 is 0. The summed E-state index contributed by atoms with van der Waals surface area (Å²) in [6.07, 6.45) is 0. The highest BCUT2D eigenvalue weighted by atomic mass is 16.2. The molecule has 1 amide bonds. The zero-order valence-corrected chi connectivity index (χ0v) is 10.9. The monoisotopic (exact) mass is 252 g/mol.